The maximum Gasteiger partial charge on any atom is 0.206 e. The SMILES string of the molecule is CCC([C]=O)c1ccc(-c2ccccc2)cc1. The summed E-state index contributed by atoms with van der Waals surface area (Å²) in [6.45, 7) is 2.00. The second-order valence-electron chi connectivity index (χ2n) is 4.07. The first-order valence-electron chi connectivity index (χ1n) is 5.88. The van der Waals surface area contributed by atoms with E-state index in [0.717, 1.165) is 12.0 Å². The molecule has 2 aromatic rings. The van der Waals surface area contributed by atoms with Crippen molar-refractivity contribution in [3.8, 4) is 11.1 Å². The van der Waals surface area contributed by atoms with Crippen LogP contribution >= 0.6 is 0 Å². The van der Waals surface area contributed by atoms with Gasteiger partial charge >= 0.3 is 0 Å². The Hall–Kier alpha value is -1.89. The lowest BCUT2D eigenvalue weighted by molar-refractivity contribution is 0.540. The molecule has 1 atom stereocenters. The van der Waals surface area contributed by atoms with Crippen molar-refractivity contribution in [2.45, 2.75) is 19.3 Å². The van der Waals surface area contributed by atoms with Crippen LogP contribution in [-0.4, -0.2) is 6.29 Å². The Morgan fingerprint density at radius 1 is 0.941 bits per heavy atom. The first-order chi connectivity index (χ1) is 8.35. The molecule has 85 valence electrons. The number of rotatable bonds is 4. The highest BCUT2D eigenvalue weighted by Crippen LogP contribution is 2.23. The van der Waals surface area contributed by atoms with E-state index in [1.165, 1.54) is 11.1 Å². The smallest absolute Gasteiger partial charge is 0.206 e. The summed E-state index contributed by atoms with van der Waals surface area (Å²) in [5.74, 6) is -0.0974. The van der Waals surface area contributed by atoms with Crippen LogP contribution in [0.4, 0.5) is 0 Å². The van der Waals surface area contributed by atoms with E-state index < -0.39 is 0 Å². The number of hydrogen-bond acceptors (Lipinski definition) is 1. The van der Waals surface area contributed by atoms with Crippen LogP contribution in [0.3, 0.4) is 0 Å². The predicted octanol–water partition coefficient (Wildman–Crippen LogP) is 3.96. The number of hydrogen-bond donors (Lipinski definition) is 0. The van der Waals surface area contributed by atoms with E-state index >= 15 is 0 Å². The summed E-state index contributed by atoms with van der Waals surface area (Å²) < 4.78 is 0. The molecule has 0 saturated heterocycles. The Kier molecular flexibility index (Phi) is 3.71. The van der Waals surface area contributed by atoms with Gasteiger partial charge in [-0.3, -0.25) is 4.79 Å². The van der Waals surface area contributed by atoms with Gasteiger partial charge in [-0.2, -0.15) is 0 Å². The van der Waals surface area contributed by atoms with Crippen LogP contribution in [0.5, 0.6) is 0 Å². The van der Waals surface area contributed by atoms with Gasteiger partial charge in [-0.05, 0) is 23.1 Å². The largest absolute Gasteiger partial charge is 0.290 e. The van der Waals surface area contributed by atoms with Gasteiger partial charge in [-0.15, -0.1) is 0 Å². The zero-order valence-corrected chi connectivity index (χ0v) is 9.89. The van der Waals surface area contributed by atoms with Crippen molar-refractivity contribution < 1.29 is 4.79 Å². The molecule has 0 heterocycles. The van der Waals surface area contributed by atoms with Gasteiger partial charge in [0.15, 0.2) is 0 Å². The quantitative estimate of drug-likeness (QED) is 0.766. The molecule has 17 heavy (non-hydrogen) atoms. The molecule has 1 heteroatoms. The normalized spacial score (nSPS) is 12.1. The Morgan fingerprint density at radius 3 is 2.06 bits per heavy atom. The molecular weight excluding hydrogens is 208 g/mol. The third-order valence-corrected chi connectivity index (χ3v) is 2.97. The van der Waals surface area contributed by atoms with Gasteiger partial charge in [0.1, 0.15) is 0 Å². The highest BCUT2D eigenvalue weighted by molar-refractivity contribution is 5.67. The molecule has 1 unspecified atom stereocenters. The molecule has 2 rings (SSSR count). The highest BCUT2D eigenvalue weighted by atomic mass is 16.1. The molecule has 0 aromatic heterocycles. The molecule has 0 bridgehead atoms. The summed E-state index contributed by atoms with van der Waals surface area (Å²) in [6.07, 6.45) is 2.88. The molecular formula is C16H15O. The van der Waals surface area contributed by atoms with Gasteiger partial charge in [0, 0.05) is 0 Å². The van der Waals surface area contributed by atoms with Gasteiger partial charge in [0.05, 0.1) is 5.92 Å². The van der Waals surface area contributed by atoms with E-state index in [-0.39, 0.29) is 5.92 Å². The van der Waals surface area contributed by atoms with Crippen molar-refractivity contribution in [2.24, 2.45) is 0 Å². The zero-order chi connectivity index (χ0) is 12.1. The second-order valence-corrected chi connectivity index (χ2v) is 4.07. The minimum Gasteiger partial charge on any atom is -0.290 e. The van der Waals surface area contributed by atoms with Crippen molar-refractivity contribution in [3.63, 3.8) is 0 Å². The lowest BCUT2D eigenvalue weighted by atomic mass is 9.95. The Bertz CT molecular complexity index is 471. The summed E-state index contributed by atoms with van der Waals surface area (Å²) in [4.78, 5) is 10.8. The monoisotopic (exact) mass is 223 g/mol. The predicted molar refractivity (Wildman–Crippen MR) is 70.6 cm³/mol. The molecule has 0 aliphatic heterocycles. The molecule has 0 fully saturated rings. The summed E-state index contributed by atoms with van der Waals surface area (Å²) in [7, 11) is 0. The van der Waals surface area contributed by atoms with Crippen LogP contribution in [0, 0.1) is 0 Å². The summed E-state index contributed by atoms with van der Waals surface area (Å²) in [5, 5.41) is 0. The summed E-state index contributed by atoms with van der Waals surface area (Å²) in [5.41, 5.74) is 3.42. The van der Waals surface area contributed by atoms with Crippen molar-refractivity contribution in [2.75, 3.05) is 0 Å². The van der Waals surface area contributed by atoms with Gasteiger partial charge in [-0.25, -0.2) is 0 Å². The van der Waals surface area contributed by atoms with Gasteiger partial charge in [0.25, 0.3) is 0 Å². The fourth-order valence-electron chi connectivity index (χ4n) is 1.93. The van der Waals surface area contributed by atoms with Crippen molar-refractivity contribution in [1.29, 1.82) is 0 Å². The maximum absolute atomic E-state index is 10.8. The molecule has 0 aliphatic rings. The third-order valence-electron chi connectivity index (χ3n) is 2.97. The molecule has 2 aromatic carbocycles. The van der Waals surface area contributed by atoms with Gasteiger partial charge in [-0.1, -0.05) is 61.5 Å². The van der Waals surface area contributed by atoms with E-state index in [0.29, 0.717) is 0 Å². The summed E-state index contributed by atoms with van der Waals surface area (Å²) in [6, 6.07) is 18.4. The average Bonchev–Trinajstić information content (AvgIpc) is 2.42. The zero-order valence-electron chi connectivity index (χ0n) is 9.89. The summed E-state index contributed by atoms with van der Waals surface area (Å²) >= 11 is 0. The fraction of sp³-hybridized carbons (Fsp3) is 0.188. The highest BCUT2D eigenvalue weighted by Gasteiger charge is 2.08. The minimum atomic E-state index is -0.0974. The Labute approximate surface area is 102 Å². The van der Waals surface area contributed by atoms with E-state index in [4.69, 9.17) is 0 Å². The van der Waals surface area contributed by atoms with Crippen molar-refractivity contribution in [1.82, 2.24) is 0 Å². The third kappa shape index (κ3) is 2.62. The van der Waals surface area contributed by atoms with Crippen molar-refractivity contribution >= 4 is 6.29 Å². The molecule has 1 radical (unpaired) electrons. The first kappa shape index (κ1) is 11.6. The lowest BCUT2D eigenvalue weighted by Gasteiger charge is -2.08. The van der Waals surface area contributed by atoms with Crippen LogP contribution in [0.2, 0.25) is 0 Å². The molecule has 0 spiro atoms. The van der Waals surface area contributed by atoms with Crippen LogP contribution in [-0.2, 0) is 4.79 Å². The molecule has 0 saturated carbocycles. The van der Waals surface area contributed by atoms with Crippen LogP contribution in [0.1, 0.15) is 24.8 Å². The fourth-order valence-corrected chi connectivity index (χ4v) is 1.93. The van der Waals surface area contributed by atoms with E-state index in [9.17, 15) is 4.79 Å². The van der Waals surface area contributed by atoms with E-state index in [1.807, 2.05) is 37.3 Å². The molecule has 0 N–H and O–H groups in total. The average molecular weight is 223 g/mol. The molecule has 0 aliphatic carbocycles. The van der Waals surface area contributed by atoms with Gasteiger partial charge < -0.3 is 0 Å². The lowest BCUT2D eigenvalue weighted by Crippen LogP contribution is -1.97. The van der Waals surface area contributed by atoms with Crippen molar-refractivity contribution in [3.05, 3.63) is 60.2 Å². The number of benzene rings is 2. The van der Waals surface area contributed by atoms with Crippen LogP contribution < -0.4 is 0 Å². The number of carbonyl (C=O) groups excluding carboxylic acids is 1. The Balaban J connectivity index is 2.27. The molecule has 0 amide bonds. The van der Waals surface area contributed by atoms with Gasteiger partial charge in [0.2, 0.25) is 6.29 Å². The second kappa shape index (κ2) is 5.44. The van der Waals surface area contributed by atoms with E-state index in [1.54, 1.807) is 0 Å². The molecule has 1 nitrogen and oxygen atoms in total. The first-order valence-corrected chi connectivity index (χ1v) is 5.88. The topological polar surface area (TPSA) is 17.1 Å². The minimum absolute atomic E-state index is 0.0974. The van der Waals surface area contributed by atoms with E-state index in [2.05, 4.69) is 30.6 Å². The standard InChI is InChI=1S/C16H15O/c1-2-13(12-17)15-8-10-16(11-9-15)14-6-4-3-5-7-14/h3-11,13H,2H2,1H3. The Morgan fingerprint density at radius 2 is 1.53 bits per heavy atom. The van der Waals surface area contributed by atoms with Crippen LogP contribution in [0.15, 0.2) is 54.6 Å². The van der Waals surface area contributed by atoms with Crippen LogP contribution in [0.25, 0.3) is 11.1 Å². The maximum atomic E-state index is 10.8.